The molecule has 0 heterocycles. The van der Waals surface area contributed by atoms with Gasteiger partial charge >= 0.3 is 59.1 Å². The summed E-state index contributed by atoms with van der Waals surface area (Å²) in [6, 6.07) is 19.5. The second-order valence-corrected chi connectivity index (χ2v) is 12.7. The van der Waals surface area contributed by atoms with Crippen LogP contribution in [0.1, 0.15) is 11.1 Å². The Morgan fingerprint density at radius 3 is 1.88 bits per heavy atom. The van der Waals surface area contributed by atoms with Gasteiger partial charge in [-0.1, -0.05) is 36.1 Å². The van der Waals surface area contributed by atoms with Crippen molar-refractivity contribution in [3.63, 3.8) is 0 Å². The van der Waals surface area contributed by atoms with E-state index < -0.39 is 36.6 Å². The molecule has 5 rings (SSSR count). The third kappa shape index (κ3) is 9.17. The van der Waals surface area contributed by atoms with Crippen LogP contribution in [-0.2, 0) is 20.2 Å². The maximum absolute atomic E-state index is 12.5. The Balaban J connectivity index is 0.00000312. The summed E-state index contributed by atoms with van der Waals surface area (Å²) in [7, 11) is -9.15. The van der Waals surface area contributed by atoms with Crippen molar-refractivity contribution in [3.8, 4) is 11.5 Å². The molecule has 0 saturated heterocycles. The number of aromatic hydroxyl groups is 1. The Bertz CT molecular complexity index is 2330. The third-order valence-corrected chi connectivity index (χ3v) is 8.39. The Morgan fingerprint density at radius 1 is 0.604 bits per heavy atom. The van der Waals surface area contributed by atoms with Gasteiger partial charge in [-0.25, -0.2) is 8.42 Å². The van der Waals surface area contributed by atoms with E-state index in [4.69, 9.17) is 0 Å². The van der Waals surface area contributed by atoms with E-state index in [1.54, 1.807) is 50.2 Å². The normalized spacial score (nSPS) is 12.1. The quantitative estimate of drug-likeness (QED) is 0.137. The minimum Gasteiger partial charge on any atom is -0.871 e. The van der Waals surface area contributed by atoms with Crippen LogP contribution in [0.25, 0.3) is 10.8 Å². The molecule has 0 aliphatic rings. The van der Waals surface area contributed by atoms with Gasteiger partial charge in [0.15, 0.2) is 0 Å². The van der Waals surface area contributed by atoms with Crippen molar-refractivity contribution in [1.82, 2.24) is 0 Å². The molecule has 0 aromatic heterocycles. The minimum atomic E-state index is -4.65. The number of phenols is 1. The zero-order valence-electron chi connectivity index (χ0n) is 25.9. The van der Waals surface area contributed by atoms with Gasteiger partial charge in [-0.2, -0.15) is 28.9 Å². The van der Waals surface area contributed by atoms with Crippen LogP contribution in [0.4, 0.5) is 34.1 Å². The smallest absolute Gasteiger partial charge is 0.871 e. The molecule has 0 atom stereocenters. The second kappa shape index (κ2) is 15.9. The summed E-state index contributed by atoms with van der Waals surface area (Å²) < 4.78 is 67.1. The van der Waals surface area contributed by atoms with Crippen LogP contribution in [0, 0.1) is 13.8 Å². The number of benzene rings is 5. The van der Waals surface area contributed by atoms with Crippen molar-refractivity contribution in [2.45, 2.75) is 23.6 Å². The predicted octanol–water partition coefficient (Wildman–Crippen LogP) is 1.64. The monoisotopic (exact) mass is 704 g/mol. The van der Waals surface area contributed by atoms with Crippen molar-refractivity contribution in [2.75, 3.05) is 0 Å². The van der Waals surface area contributed by atoms with E-state index in [2.05, 4.69) is 30.7 Å². The summed E-state index contributed by atoms with van der Waals surface area (Å²) in [5.74, 6) is -1.10. The minimum absolute atomic E-state index is 0. The molecule has 234 valence electrons. The molecule has 2 N–H and O–H groups in total. The summed E-state index contributed by atoms with van der Waals surface area (Å²) in [6.45, 7) is 3.42. The van der Waals surface area contributed by atoms with Gasteiger partial charge in [-0.15, -0.1) is 10.2 Å². The molecule has 48 heavy (non-hydrogen) atoms. The number of phenolic OH excluding ortho intramolecular Hbond substituents is 1. The molecular weight excluding hydrogens is 682 g/mol. The van der Waals surface area contributed by atoms with Gasteiger partial charge in [0.25, 0.3) is 10.1 Å². The van der Waals surface area contributed by atoms with E-state index in [0.717, 1.165) is 12.1 Å². The molecule has 0 amide bonds. The van der Waals surface area contributed by atoms with Gasteiger partial charge in [0, 0.05) is 10.8 Å². The van der Waals surface area contributed by atoms with Crippen molar-refractivity contribution in [2.24, 2.45) is 30.7 Å². The van der Waals surface area contributed by atoms with Crippen LogP contribution in [0.15, 0.2) is 125 Å². The largest absolute Gasteiger partial charge is 1.00 e. The Hall–Kier alpha value is -3.42. The third-order valence-electron chi connectivity index (χ3n) is 6.65. The van der Waals surface area contributed by atoms with Crippen molar-refractivity contribution < 1.29 is 95.3 Å². The fourth-order valence-electron chi connectivity index (χ4n) is 4.27. The van der Waals surface area contributed by atoms with E-state index in [0.29, 0.717) is 27.9 Å². The van der Waals surface area contributed by atoms with Gasteiger partial charge in [0.2, 0.25) is 0 Å². The van der Waals surface area contributed by atoms with Gasteiger partial charge in [0.05, 0.1) is 33.3 Å². The van der Waals surface area contributed by atoms with Gasteiger partial charge < -0.3 is 14.8 Å². The number of azo groups is 3. The molecule has 0 aliphatic carbocycles. The second-order valence-electron chi connectivity index (χ2n) is 9.89. The number of rotatable bonds is 8. The first-order chi connectivity index (χ1) is 21.7. The topological polar surface area (TPSA) is 229 Å². The molecule has 0 saturated carbocycles. The van der Waals surface area contributed by atoms with E-state index in [1.807, 2.05) is 0 Å². The van der Waals surface area contributed by atoms with Crippen molar-refractivity contribution >= 4 is 65.1 Å². The zero-order valence-corrected chi connectivity index (χ0v) is 31.6. The number of fused-ring (bicyclic) bond motifs is 1. The Morgan fingerprint density at radius 2 is 1.21 bits per heavy atom. The molecule has 0 bridgehead atoms. The van der Waals surface area contributed by atoms with Gasteiger partial charge in [-0.05, 0) is 79.6 Å². The van der Waals surface area contributed by atoms with E-state index in [-0.39, 0.29) is 92.1 Å². The number of aryl methyl sites for hydroxylation is 2. The zero-order chi connectivity index (χ0) is 33.2. The molecule has 0 unspecified atom stereocenters. The van der Waals surface area contributed by atoms with Crippen LogP contribution in [0.5, 0.6) is 11.5 Å². The van der Waals surface area contributed by atoms with Crippen molar-refractivity contribution in [1.29, 1.82) is 0 Å². The summed E-state index contributed by atoms with van der Waals surface area (Å²) >= 11 is 0. The fourth-order valence-corrected chi connectivity index (χ4v) is 5.45. The van der Waals surface area contributed by atoms with Crippen LogP contribution in [-0.4, -0.2) is 31.0 Å². The number of hydrogen-bond donors (Lipinski definition) is 2. The maximum Gasteiger partial charge on any atom is 1.00 e. The molecule has 0 radical (unpaired) electrons. The fraction of sp³-hybridized carbons (Fsp3) is 0.0667. The average Bonchev–Trinajstić information content (AvgIpc) is 2.99. The van der Waals surface area contributed by atoms with Crippen LogP contribution in [0.3, 0.4) is 0 Å². The molecule has 0 fully saturated rings. The molecule has 5 aromatic rings. The molecular formula is C30H22N6Na2O8S2. The van der Waals surface area contributed by atoms with Crippen LogP contribution >= 0.6 is 0 Å². The summed E-state index contributed by atoms with van der Waals surface area (Å²) in [4.78, 5) is -0.719. The molecule has 0 spiro atoms. The van der Waals surface area contributed by atoms with Gasteiger partial charge in [-0.3, -0.25) is 4.55 Å². The van der Waals surface area contributed by atoms with E-state index >= 15 is 0 Å². The molecule has 0 aliphatic heterocycles. The molecule has 18 heteroatoms. The Kier molecular flexibility index (Phi) is 12.9. The van der Waals surface area contributed by atoms with Crippen molar-refractivity contribution in [3.05, 3.63) is 96.1 Å². The Labute approximate surface area is 319 Å². The summed E-state index contributed by atoms with van der Waals surface area (Å²) in [5.41, 5.74) is 2.24. The first-order valence-electron chi connectivity index (χ1n) is 13.2. The van der Waals surface area contributed by atoms with Crippen LogP contribution < -0.4 is 64.2 Å². The first kappa shape index (κ1) is 39.0. The van der Waals surface area contributed by atoms with Gasteiger partial charge in [0.1, 0.15) is 26.5 Å². The van der Waals surface area contributed by atoms with E-state index in [1.165, 1.54) is 36.4 Å². The molecule has 14 nitrogen and oxygen atoms in total. The van der Waals surface area contributed by atoms with E-state index in [9.17, 15) is 36.2 Å². The SMILES string of the molecule is Cc1cc(N=Nc2cc(N=Nc3ccc(S(=O)(=O)O)c4ccccc34)c([O-])cc2O)ccc1N=Nc1cc(S(=O)(=O)[O-])ccc1C.[Na+].[Na+]. The number of hydrogen-bond acceptors (Lipinski definition) is 13. The first-order valence-corrected chi connectivity index (χ1v) is 16.0. The molecule has 5 aromatic carbocycles. The standard InChI is InChI=1S/C30H24N6O8S2.2Na/c1-17-7-9-20(45(39,40)41)14-25(17)34-32-23-10-8-19(13-18(23)2)31-35-26-15-27(29(38)16-28(26)37)36-33-24-11-12-30(46(42,43)44)22-6-4-3-5-21(22)24;;/h3-16,37-38H,1-2H3,(H,39,40,41)(H,42,43,44);;/q;2*+1/p-2. The predicted molar refractivity (Wildman–Crippen MR) is 164 cm³/mol. The summed E-state index contributed by atoms with van der Waals surface area (Å²) in [5, 5.41) is 47.8. The average molecular weight is 705 g/mol. The number of nitrogens with zero attached hydrogens (tertiary/aromatic N) is 6. The maximum atomic E-state index is 12.5. The van der Waals surface area contributed by atoms with Crippen LogP contribution in [0.2, 0.25) is 0 Å². The summed E-state index contributed by atoms with van der Waals surface area (Å²) in [6.07, 6.45) is 0.